The predicted molar refractivity (Wildman–Crippen MR) is 101 cm³/mol. The summed E-state index contributed by atoms with van der Waals surface area (Å²) in [6.45, 7) is -2.55. The molecule has 0 aliphatic carbocycles. The van der Waals surface area contributed by atoms with Crippen molar-refractivity contribution in [1.82, 2.24) is 15.0 Å². The van der Waals surface area contributed by atoms with Crippen LogP contribution >= 0.6 is 0 Å². The molecule has 2 N–H and O–H groups in total. The number of hydrogen-bond donors (Lipinski definition) is 2. The molecule has 2 aromatic heterocycles. The zero-order chi connectivity index (χ0) is 20.4. The van der Waals surface area contributed by atoms with E-state index in [0.717, 1.165) is 0 Å². The summed E-state index contributed by atoms with van der Waals surface area (Å²) in [5.41, 5.74) is 2.54. The van der Waals surface area contributed by atoms with Gasteiger partial charge in [0.15, 0.2) is 0 Å². The topological polar surface area (TPSA) is 86.6 Å². The number of rotatable bonds is 6. The zero-order valence-corrected chi connectivity index (χ0v) is 14.9. The van der Waals surface area contributed by atoms with Crippen LogP contribution in [0.3, 0.4) is 0 Å². The number of aromatic amines is 1. The number of imidazole rings is 1. The molecule has 2 aromatic carbocycles. The van der Waals surface area contributed by atoms with Crippen LogP contribution in [0.25, 0.3) is 21.9 Å². The van der Waals surface area contributed by atoms with Gasteiger partial charge in [0, 0.05) is 24.5 Å². The van der Waals surface area contributed by atoms with E-state index < -0.39 is 6.61 Å². The SMILES string of the molecule is N#Cc1cnc2ccc(OC(F)F)cc2c1NCCc1nc2ccc(F)cc2[nH]1. The summed E-state index contributed by atoms with van der Waals surface area (Å²) in [6, 6.07) is 10.7. The Labute approximate surface area is 163 Å². The Balaban J connectivity index is 1.59. The van der Waals surface area contributed by atoms with E-state index in [4.69, 9.17) is 0 Å². The van der Waals surface area contributed by atoms with Crippen molar-refractivity contribution < 1.29 is 17.9 Å². The molecule has 0 aliphatic rings. The van der Waals surface area contributed by atoms with Crippen LogP contribution in [0.4, 0.5) is 18.9 Å². The van der Waals surface area contributed by atoms with Crippen LogP contribution in [-0.4, -0.2) is 28.1 Å². The van der Waals surface area contributed by atoms with Crippen molar-refractivity contribution >= 4 is 27.6 Å². The average molecular weight is 397 g/mol. The fourth-order valence-electron chi connectivity index (χ4n) is 3.08. The predicted octanol–water partition coefficient (Wildman–Crippen LogP) is 4.38. The lowest BCUT2D eigenvalue weighted by Crippen LogP contribution is -2.08. The number of nitrogens with zero attached hydrogens (tertiary/aromatic N) is 3. The second-order valence-corrected chi connectivity index (χ2v) is 6.24. The Morgan fingerprint density at radius 1 is 1.17 bits per heavy atom. The fraction of sp³-hybridized carbons (Fsp3) is 0.150. The van der Waals surface area contributed by atoms with Gasteiger partial charge in [0.2, 0.25) is 0 Å². The van der Waals surface area contributed by atoms with Crippen LogP contribution in [0.5, 0.6) is 5.75 Å². The molecule has 0 saturated heterocycles. The van der Waals surface area contributed by atoms with Crippen molar-refractivity contribution in [3.05, 3.63) is 59.8 Å². The zero-order valence-electron chi connectivity index (χ0n) is 14.9. The second-order valence-electron chi connectivity index (χ2n) is 6.24. The molecule has 4 rings (SSSR count). The average Bonchev–Trinajstić information content (AvgIpc) is 3.09. The lowest BCUT2D eigenvalue weighted by Gasteiger charge is -2.12. The molecule has 0 radical (unpaired) electrons. The number of hydrogen-bond acceptors (Lipinski definition) is 5. The Bertz CT molecular complexity index is 1230. The van der Waals surface area contributed by atoms with Gasteiger partial charge in [-0.25, -0.2) is 9.37 Å². The summed E-state index contributed by atoms with van der Waals surface area (Å²) in [5.74, 6) is 0.276. The van der Waals surface area contributed by atoms with Gasteiger partial charge in [0.1, 0.15) is 23.5 Å². The smallest absolute Gasteiger partial charge is 0.387 e. The highest BCUT2D eigenvalue weighted by molar-refractivity contribution is 5.94. The molecule has 0 fully saturated rings. The van der Waals surface area contributed by atoms with Gasteiger partial charge < -0.3 is 15.0 Å². The van der Waals surface area contributed by atoms with Crippen molar-refractivity contribution in [3.8, 4) is 11.8 Å². The van der Waals surface area contributed by atoms with Crippen molar-refractivity contribution in [3.63, 3.8) is 0 Å². The van der Waals surface area contributed by atoms with Gasteiger partial charge in [-0.1, -0.05) is 0 Å². The standard InChI is InChI=1S/C20H14F3N5O/c21-12-1-3-16-17(7-12)28-18(27-16)5-6-25-19-11(9-24)10-26-15-4-2-13(8-14(15)19)29-20(22)23/h1-4,7-8,10,20H,5-6H2,(H,25,26)(H,27,28). The summed E-state index contributed by atoms with van der Waals surface area (Å²) in [6.07, 6.45) is 1.89. The van der Waals surface area contributed by atoms with Gasteiger partial charge in [-0.05, 0) is 36.4 Å². The largest absolute Gasteiger partial charge is 0.435 e. The van der Waals surface area contributed by atoms with Crippen molar-refractivity contribution in [2.45, 2.75) is 13.0 Å². The molecular formula is C20H14F3N5O. The van der Waals surface area contributed by atoms with Crippen LogP contribution in [-0.2, 0) is 6.42 Å². The molecule has 9 heteroatoms. The maximum Gasteiger partial charge on any atom is 0.387 e. The Morgan fingerprint density at radius 2 is 2.00 bits per heavy atom. The van der Waals surface area contributed by atoms with Gasteiger partial charge in [0.05, 0.1) is 27.8 Å². The van der Waals surface area contributed by atoms with Crippen molar-refractivity contribution in [2.75, 3.05) is 11.9 Å². The van der Waals surface area contributed by atoms with Gasteiger partial charge in [-0.3, -0.25) is 4.98 Å². The quantitative estimate of drug-likeness (QED) is 0.504. The van der Waals surface area contributed by atoms with E-state index in [-0.39, 0.29) is 17.1 Å². The molecule has 0 saturated carbocycles. The van der Waals surface area contributed by atoms with Crippen LogP contribution in [0.15, 0.2) is 42.6 Å². The van der Waals surface area contributed by atoms with E-state index in [1.807, 2.05) is 6.07 Å². The highest BCUT2D eigenvalue weighted by atomic mass is 19.3. The van der Waals surface area contributed by atoms with E-state index in [0.29, 0.717) is 46.4 Å². The maximum absolute atomic E-state index is 13.3. The van der Waals surface area contributed by atoms with E-state index >= 15 is 0 Å². The third kappa shape index (κ3) is 3.91. The second kappa shape index (κ2) is 7.67. The molecular weight excluding hydrogens is 383 g/mol. The first kappa shape index (κ1) is 18.6. The first-order valence-corrected chi connectivity index (χ1v) is 8.69. The Kier molecular flexibility index (Phi) is 4.91. The van der Waals surface area contributed by atoms with Gasteiger partial charge in [0.25, 0.3) is 0 Å². The molecule has 0 spiro atoms. The summed E-state index contributed by atoms with van der Waals surface area (Å²) in [5, 5.41) is 13.0. The number of benzene rings is 2. The van der Waals surface area contributed by atoms with Crippen LogP contribution in [0.1, 0.15) is 11.4 Å². The van der Waals surface area contributed by atoms with Gasteiger partial charge >= 0.3 is 6.61 Å². The molecule has 2 heterocycles. The van der Waals surface area contributed by atoms with Gasteiger partial charge in [-0.15, -0.1) is 0 Å². The number of aromatic nitrogens is 3. The number of fused-ring (bicyclic) bond motifs is 2. The Hall–Kier alpha value is -3.80. The number of H-pyrrole nitrogens is 1. The molecule has 0 unspecified atom stereocenters. The summed E-state index contributed by atoms with van der Waals surface area (Å²) in [4.78, 5) is 11.6. The first-order valence-electron chi connectivity index (χ1n) is 8.69. The lowest BCUT2D eigenvalue weighted by atomic mass is 10.1. The number of ether oxygens (including phenoxy) is 1. The normalized spacial score (nSPS) is 11.1. The molecule has 0 bridgehead atoms. The van der Waals surface area contributed by atoms with Crippen LogP contribution < -0.4 is 10.1 Å². The molecule has 4 aromatic rings. The number of halogens is 3. The van der Waals surface area contributed by atoms with E-state index in [9.17, 15) is 18.4 Å². The molecule has 0 aliphatic heterocycles. The number of pyridine rings is 1. The monoisotopic (exact) mass is 397 g/mol. The number of alkyl halides is 2. The van der Waals surface area contributed by atoms with E-state index in [1.54, 1.807) is 12.1 Å². The van der Waals surface area contributed by atoms with Crippen molar-refractivity contribution in [1.29, 1.82) is 5.26 Å². The number of nitriles is 1. The summed E-state index contributed by atoms with van der Waals surface area (Å²) >= 11 is 0. The highest BCUT2D eigenvalue weighted by Gasteiger charge is 2.12. The molecule has 0 atom stereocenters. The minimum atomic E-state index is -2.95. The van der Waals surface area contributed by atoms with Crippen LogP contribution in [0, 0.1) is 17.1 Å². The summed E-state index contributed by atoms with van der Waals surface area (Å²) < 4.78 is 42.8. The minimum absolute atomic E-state index is 0.0215. The molecule has 146 valence electrons. The molecule has 0 amide bonds. The van der Waals surface area contributed by atoms with Gasteiger partial charge in [-0.2, -0.15) is 14.0 Å². The fourth-order valence-corrected chi connectivity index (χ4v) is 3.08. The number of anilines is 1. The van der Waals surface area contributed by atoms with E-state index in [2.05, 4.69) is 25.0 Å². The molecule has 29 heavy (non-hydrogen) atoms. The molecule has 6 nitrogen and oxygen atoms in total. The number of nitrogens with one attached hydrogen (secondary N) is 2. The third-order valence-electron chi connectivity index (χ3n) is 4.34. The minimum Gasteiger partial charge on any atom is -0.435 e. The Morgan fingerprint density at radius 3 is 2.79 bits per heavy atom. The van der Waals surface area contributed by atoms with Crippen LogP contribution in [0.2, 0.25) is 0 Å². The van der Waals surface area contributed by atoms with E-state index in [1.165, 1.54) is 30.5 Å². The van der Waals surface area contributed by atoms with Crippen molar-refractivity contribution in [2.24, 2.45) is 0 Å². The summed E-state index contributed by atoms with van der Waals surface area (Å²) in [7, 11) is 0. The lowest BCUT2D eigenvalue weighted by molar-refractivity contribution is -0.0497. The maximum atomic E-state index is 13.3. The third-order valence-corrected chi connectivity index (χ3v) is 4.34. The first-order chi connectivity index (χ1) is 14.0. The highest BCUT2D eigenvalue weighted by Crippen LogP contribution is 2.29.